The van der Waals surface area contributed by atoms with Crippen LogP contribution in [0.3, 0.4) is 0 Å². The van der Waals surface area contributed by atoms with Gasteiger partial charge in [-0.15, -0.1) is 0 Å². The van der Waals surface area contributed by atoms with Crippen LogP contribution in [0.1, 0.15) is 11.1 Å². The molecule has 0 aromatic heterocycles. The first-order valence-electron chi connectivity index (χ1n) is 7.56. The molecule has 5 nitrogen and oxygen atoms in total. The molecule has 1 N–H and O–H groups in total. The Kier molecular flexibility index (Phi) is 4.08. The van der Waals surface area contributed by atoms with Crippen molar-refractivity contribution in [2.75, 3.05) is 19.5 Å². The van der Waals surface area contributed by atoms with E-state index in [1.54, 1.807) is 31.4 Å². The van der Waals surface area contributed by atoms with Crippen LogP contribution in [-0.2, 0) is 9.59 Å². The topological polar surface area (TPSA) is 58.6 Å². The van der Waals surface area contributed by atoms with Crippen LogP contribution in [0.25, 0.3) is 5.57 Å². The number of likely N-dealkylation sites (N-methyl/N-ethyl adjacent to an activating group) is 1. The maximum atomic E-state index is 12.5. The van der Waals surface area contributed by atoms with Crippen molar-refractivity contribution in [3.05, 3.63) is 65.4 Å². The monoisotopic (exact) mass is 322 g/mol. The first-order chi connectivity index (χ1) is 11.5. The molecule has 2 aromatic carbocycles. The zero-order valence-corrected chi connectivity index (χ0v) is 13.8. The van der Waals surface area contributed by atoms with Gasteiger partial charge in [0.15, 0.2) is 0 Å². The van der Waals surface area contributed by atoms with Crippen LogP contribution in [0.5, 0.6) is 5.75 Å². The van der Waals surface area contributed by atoms with Gasteiger partial charge in [0, 0.05) is 12.7 Å². The average molecular weight is 322 g/mol. The Morgan fingerprint density at radius 3 is 2.25 bits per heavy atom. The number of carbonyl (C=O) groups is 2. The Morgan fingerprint density at radius 1 is 0.958 bits per heavy atom. The highest BCUT2D eigenvalue weighted by atomic mass is 16.5. The molecule has 0 saturated carbocycles. The van der Waals surface area contributed by atoms with Crippen molar-refractivity contribution in [1.29, 1.82) is 0 Å². The third kappa shape index (κ3) is 2.65. The van der Waals surface area contributed by atoms with Crippen molar-refractivity contribution in [3.8, 4) is 5.75 Å². The highest BCUT2D eigenvalue weighted by molar-refractivity contribution is 6.36. The minimum absolute atomic E-state index is 0.293. The molecule has 2 amide bonds. The second-order valence-electron chi connectivity index (χ2n) is 5.59. The lowest BCUT2D eigenvalue weighted by molar-refractivity contribution is -0.135. The zero-order chi connectivity index (χ0) is 17.3. The minimum Gasteiger partial charge on any atom is -0.497 e. The first kappa shape index (κ1) is 15.8. The van der Waals surface area contributed by atoms with Gasteiger partial charge in [0.25, 0.3) is 11.8 Å². The summed E-state index contributed by atoms with van der Waals surface area (Å²) in [4.78, 5) is 26.2. The number of hydrogen-bond donors (Lipinski definition) is 1. The Hall–Kier alpha value is -3.08. The number of carbonyl (C=O) groups excluding carboxylic acids is 2. The summed E-state index contributed by atoms with van der Waals surface area (Å²) in [7, 11) is 3.07. The molecule has 0 spiro atoms. The van der Waals surface area contributed by atoms with Gasteiger partial charge in [0.1, 0.15) is 11.4 Å². The van der Waals surface area contributed by atoms with E-state index in [1.807, 2.05) is 31.2 Å². The van der Waals surface area contributed by atoms with E-state index in [0.29, 0.717) is 22.6 Å². The number of aryl methyl sites for hydroxylation is 1. The van der Waals surface area contributed by atoms with Gasteiger partial charge < -0.3 is 10.1 Å². The first-order valence-corrected chi connectivity index (χ1v) is 7.56. The minimum atomic E-state index is -0.339. The molecule has 0 aliphatic carbocycles. The number of nitrogens with zero attached hydrogens (tertiary/aromatic N) is 1. The molecule has 0 bridgehead atoms. The fourth-order valence-electron chi connectivity index (χ4n) is 2.63. The number of methoxy groups -OCH3 is 1. The second kappa shape index (κ2) is 6.20. The second-order valence-corrected chi connectivity index (χ2v) is 5.59. The lowest BCUT2D eigenvalue weighted by atomic mass is 10.0. The van der Waals surface area contributed by atoms with E-state index in [-0.39, 0.29) is 11.8 Å². The summed E-state index contributed by atoms with van der Waals surface area (Å²) in [6, 6.07) is 14.7. The standard InChI is InChI=1S/C19H18N2O3/c1-12-6-4-5-7-15(12)20-17-16(18(22)21(2)19(17)23)13-8-10-14(24-3)11-9-13/h4-11,20H,1-3H3. The summed E-state index contributed by atoms with van der Waals surface area (Å²) < 4.78 is 5.15. The van der Waals surface area contributed by atoms with Gasteiger partial charge in [-0.3, -0.25) is 14.5 Å². The predicted molar refractivity (Wildman–Crippen MR) is 92.5 cm³/mol. The molecule has 0 saturated heterocycles. The van der Waals surface area contributed by atoms with Crippen LogP contribution < -0.4 is 10.1 Å². The number of amides is 2. The van der Waals surface area contributed by atoms with E-state index in [0.717, 1.165) is 16.2 Å². The summed E-state index contributed by atoms with van der Waals surface area (Å²) >= 11 is 0. The Bertz CT molecular complexity index is 838. The molecular weight excluding hydrogens is 304 g/mol. The third-order valence-corrected chi connectivity index (χ3v) is 4.07. The number of anilines is 1. The predicted octanol–water partition coefficient (Wildman–Crippen LogP) is 2.83. The van der Waals surface area contributed by atoms with E-state index >= 15 is 0 Å². The molecule has 0 fully saturated rings. The number of hydrogen-bond acceptors (Lipinski definition) is 4. The normalized spacial score (nSPS) is 14.4. The maximum absolute atomic E-state index is 12.5. The van der Waals surface area contributed by atoms with E-state index in [2.05, 4.69) is 5.32 Å². The molecule has 0 radical (unpaired) electrons. The average Bonchev–Trinajstić information content (AvgIpc) is 2.81. The number of benzene rings is 2. The van der Waals surface area contributed by atoms with Crippen molar-refractivity contribution < 1.29 is 14.3 Å². The van der Waals surface area contributed by atoms with Crippen LogP contribution in [0.15, 0.2) is 54.2 Å². The largest absolute Gasteiger partial charge is 0.497 e. The summed E-state index contributed by atoms with van der Waals surface area (Å²) in [5.41, 5.74) is 3.13. The molecule has 122 valence electrons. The summed E-state index contributed by atoms with van der Waals surface area (Å²) in [6.07, 6.45) is 0. The number of para-hydroxylation sites is 1. The van der Waals surface area contributed by atoms with Gasteiger partial charge in [0.05, 0.1) is 12.7 Å². The van der Waals surface area contributed by atoms with Crippen molar-refractivity contribution >= 4 is 23.1 Å². The highest BCUT2D eigenvalue weighted by Crippen LogP contribution is 2.31. The summed E-state index contributed by atoms with van der Waals surface area (Å²) in [6.45, 7) is 1.95. The zero-order valence-electron chi connectivity index (χ0n) is 13.8. The van der Waals surface area contributed by atoms with Gasteiger partial charge >= 0.3 is 0 Å². The van der Waals surface area contributed by atoms with Crippen LogP contribution in [0.2, 0.25) is 0 Å². The molecule has 1 aliphatic rings. The van der Waals surface area contributed by atoms with E-state index < -0.39 is 0 Å². The van der Waals surface area contributed by atoms with Crippen molar-refractivity contribution in [2.45, 2.75) is 6.92 Å². The molecule has 24 heavy (non-hydrogen) atoms. The molecule has 1 aliphatic heterocycles. The van der Waals surface area contributed by atoms with Gasteiger partial charge in [-0.05, 0) is 36.2 Å². The molecular formula is C19H18N2O3. The van der Waals surface area contributed by atoms with E-state index in [1.165, 1.54) is 7.05 Å². The van der Waals surface area contributed by atoms with Crippen LogP contribution >= 0.6 is 0 Å². The van der Waals surface area contributed by atoms with Gasteiger partial charge in [-0.25, -0.2) is 0 Å². The number of ether oxygens (including phenoxy) is 1. The Labute approximate surface area is 140 Å². The van der Waals surface area contributed by atoms with Crippen molar-refractivity contribution in [2.24, 2.45) is 0 Å². The molecule has 0 atom stereocenters. The molecule has 1 heterocycles. The summed E-state index contributed by atoms with van der Waals surface area (Å²) in [5.74, 6) is 0.0354. The fraction of sp³-hybridized carbons (Fsp3) is 0.158. The smallest absolute Gasteiger partial charge is 0.277 e. The SMILES string of the molecule is COc1ccc(C2=C(Nc3ccccc3C)C(=O)N(C)C2=O)cc1. The molecule has 5 heteroatoms. The van der Waals surface area contributed by atoms with Crippen LogP contribution in [0, 0.1) is 6.92 Å². The van der Waals surface area contributed by atoms with Crippen LogP contribution in [0.4, 0.5) is 5.69 Å². The fourth-order valence-corrected chi connectivity index (χ4v) is 2.63. The maximum Gasteiger partial charge on any atom is 0.277 e. The molecule has 0 unspecified atom stereocenters. The quantitative estimate of drug-likeness (QED) is 0.880. The Morgan fingerprint density at radius 2 is 1.62 bits per heavy atom. The van der Waals surface area contributed by atoms with E-state index in [9.17, 15) is 9.59 Å². The van der Waals surface area contributed by atoms with Crippen molar-refractivity contribution in [1.82, 2.24) is 4.90 Å². The Balaban J connectivity index is 2.08. The van der Waals surface area contributed by atoms with Crippen LogP contribution in [-0.4, -0.2) is 30.9 Å². The number of rotatable bonds is 4. The molecule has 3 rings (SSSR count). The third-order valence-electron chi connectivity index (χ3n) is 4.07. The van der Waals surface area contributed by atoms with Gasteiger partial charge in [-0.2, -0.15) is 0 Å². The lowest BCUT2D eigenvalue weighted by Gasteiger charge is -2.11. The van der Waals surface area contributed by atoms with Gasteiger partial charge in [0.2, 0.25) is 0 Å². The van der Waals surface area contributed by atoms with E-state index in [4.69, 9.17) is 4.74 Å². The molecule has 2 aromatic rings. The van der Waals surface area contributed by atoms with Crippen molar-refractivity contribution in [3.63, 3.8) is 0 Å². The highest BCUT2D eigenvalue weighted by Gasteiger charge is 2.36. The summed E-state index contributed by atoms with van der Waals surface area (Å²) in [5, 5.41) is 3.13. The lowest BCUT2D eigenvalue weighted by Crippen LogP contribution is -2.28. The van der Waals surface area contributed by atoms with Gasteiger partial charge in [-0.1, -0.05) is 30.3 Å². The number of imide groups is 1. The number of nitrogens with one attached hydrogen (secondary N) is 1.